The first-order valence-corrected chi connectivity index (χ1v) is 12.0. The molecule has 1 aliphatic carbocycles. The van der Waals surface area contributed by atoms with Crippen LogP contribution < -0.4 is 0 Å². The predicted molar refractivity (Wildman–Crippen MR) is 123 cm³/mol. The number of piperidine rings is 2. The molecule has 0 aromatic heterocycles. The van der Waals surface area contributed by atoms with E-state index < -0.39 is 0 Å². The van der Waals surface area contributed by atoms with Crippen LogP contribution in [-0.4, -0.2) is 55.7 Å². The molecular weight excluding hydrogens is 368 g/mol. The second-order valence-corrected chi connectivity index (χ2v) is 9.58. The van der Waals surface area contributed by atoms with Gasteiger partial charge in [0.15, 0.2) is 0 Å². The molecule has 160 valence electrons. The highest BCUT2D eigenvalue weighted by Crippen LogP contribution is 2.52. The van der Waals surface area contributed by atoms with Gasteiger partial charge in [-0.3, -0.25) is 4.90 Å². The summed E-state index contributed by atoms with van der Waals surface area (Å²) in [6, 6.07) is 19.8. The van der Waals surface area contributed by atoms with Crippen LogP contribution in [0.5, 0.6) is 0 Å². The molecule has 0 radical (unpaired) electrons. The molecule has 2 aromatic carbocycles. The van der Waals surface area contributed by atoms with Crippen LogP contribution in [0.15, 0.2) is 54.6 Å². The van der Waals surface area contributed by atoms with Crippen molar-refractivity contribution in [2.45, 2.75) is 32.2 Å². The van der Waals surface area contributed by atoms with Gasteiger partial charge < -0.3 is 9.64 Å². The van der Waals surface area contributed by atoms with Crippen LogP contribution in [0.4, 0.5) is 0 Å². The average molecular weight is 405 g/mol. The van der Waals surface area contributed by atoms with Gasteiger partial charge in [-0.05, 0) is 66.8 Å². The third-order valence-corrected chi connectivity index (χ3v) is 7.44. The van der Waals surface area contributed by atoms with E-state index in [1.165, 1.54) is 75.1 Å². The third-order valence-electron chi connectivity index (χ3n) is 7.44. The molecule has 1 saturated carbocycles. The Kier molecular flexibility index (Phi) is 6.50. The third kappa shape index (κ3) is 4.96. The van der Waals surface area contributed by atoms with Crippen molar-refractivity contribution >= 4 is 0 Å². The fourth-order valence-electron chi connectivity index (χ4n) is 5.60. The molecule has 30 heavy (non-hydrogen) atoms. The van der Waals surface area contributed by atoms with E-state index in [2.05, 4.69) is 64.4 Å². The van der Waals surface area contributed by atoms with Crippen molar-refractivity contribution in [3.63, 3.8) is 0 Å². The lowest BCUT2D eigenvalue weighted by molar-refractivity contribution is 0.0967. The van der Waals surface area contributed by atoms with Crippen molar-refractivity contribution in [3.05, 3.63) is 60.2 Å². The van der Waals surface area contributed by atoms with Crippen molar-refractivity contribution in [2.75, 3.05) is 45.9 Å². The standard InChI is InChI=1S/C27H36N2O/c1-3-8-23(9-4-1)24-12-10-22(11-13-24)18-29-19-25-26(20-29)27(25)21-30-17-7-16-28-14-5-2-6-15-28/h1,3-4,8-13,25-27H,2,5-7,14-21H2. The minimum atomic E-state index is 0.830. The van der Waals surface area contributed by atoms with Crippen LogP contribution in [0.3, 0.4) is 0 Å². The molecule has 2 aromatic rings. The summed E-state index contributed by atoms with van der Waals surface area (Å²) in [5.74, 6) is 2.60. The van der Waals surface area contributed by atoms with Gasteiger partial charge in [0.25, 0.3) is 0 Å². The Hall–Kier alpha value is -1.68. The van der Waals surface area contributed by atoms with Gasteiger partial charge in [0.1, 0.15) is 0 Å². The SMILES string of the molecule is c1ccc(-c2ccc(CN3CC4C(COCCCN5CCCCC5)C4C3)cc2)cc1. The highest BCUT2D eigenvalue weighted by Gasteiger charge is 2.55. The molecule has 2 atom stereocenters. The van der Waals surface area contributed by atoms with Gasteiger partial charge in [-0.15, -0.1) is 0 Å². The molecule has 3 fully saturated rings. The van der Waals surface area contributed by atoms with Crippen LogP contribution in [0.2, 0.25) is 0 Å². The van der Waals surface area contributed by atoms with E-state index in [0.717, 1.165) is 37.5 Å². The topological polar surface area (TPSA) is 15.7 Å². The summed E-state index contributed by atoms with van der Waals surface area (Å²) in [7, 11) is 0. The van der Waals surface area contributed by atoms with Crippen molar-refractivity contribution in [1.82, 2.24) is 9.80 Å². The normalized spacial score (nSPS) is 26.6. The molecule has 2 unspecified atom stereocenters. The van der Waals surface area contributed by atoms with Crippen LogP contribution >= 0.6 is 0 Å². The summed E-state index contributed by atoms with van der Waals surface area (Å²) in [6.07, 6.45) is 5.40. The maximum Gasteiger partial charge on any atom is 0.0500 e. The summed E-state index contributed by atoms with van der Waals surface area (Å²) >= 11 is 0. The predicted octanol–water partition coefficient (Wildman–Crippen LogP) is 4.92. The second-order valence-electron chi connectivity index (χ2n) is 9.58. The van der Waals surface area contributed by atoms with E-state index in [9.17, 15) is 0 Å². The first-order valence-electron chi connectivity index (χ1n) is 12.0. The summed E-state index contributed by atoms with van der Waals surface area (Å²) in [5, 5.41) is 0. The zero-order valence-electron chi connectivity index (χ0n) is 18.2. The minimum Gasteiger partial charge on any atom is -0.381 e. The molecule has 0 spiro atoms. The molecule has 2 saturated heterocycles. The number of hydrogen-bond acceptors (Lipinski definition) is 3. The Balaban J connectivity index is 0.984. The van der Waals surface area contributed by atoms with Gasteiger partial charge in [-0.1, -0.05) is 61.0 Å². The maximum absolute atomic E-state index is 6.05. The van der Waals surface area contributed by atoms with Crippen LogP contribution in [0, 0.1) is 17.8 Å². The van der Waals surface area contributed by atoms with Crippen LogP contribution in [0.1, 0.15) is 31.2 Å². The molecule has 0 bridgehead atoms. The summed E-state index contributed by atoms with van der Waals surface area (Å²) in [4.78, 5) is 5.25. The number of likely N-dealkylation sites (tertiary alicyclic amines) is 2. The van der Waals surface area contributed by atoms with Crippen molar-refractivity contribution < 1.29 is 4.74 Å². The van der Waals surface area contributed by atoms with Gasteiger partial charge in [-0.2, -0.15) is 0 Å². The smallest absolute Gasteiger partial charge is 0.0500 e. The molecule has 3 heteroatoms. The van der Waals surface area contributed by atoms with Gasteiger partial charge in [-0.25, -0.2) is 0 Å². The fraction of sp³-hybridized carbons (Fsp3) is 0.556. The molecule has 5 rings (SSSR count). The largest absolute Gasteiger partial charge is 0.381 e. The fourth-order valence-corrected chi connectivity index (χ4v) is 5.60. The van der Waals surface area contributed by atoms with Crippen molar-refractivity contribution in [2.24, 2.45) is 17.8 Å². The molecule has 2 aliphatic heterocycles. The van der Waals surface area contributed by atoms with Crippen molar-refractivity contribution in [1.29, 1.82) is 0 Å². The Labute approximate surface area is 182 Å². The number of hydrogen-bond donors (Lipinski definition) is 0. The zero-order chi connectivity index (χ0) is 20.2. The number of rotatable bonds is 9. The van der Waals surface area contributed by atoms with E-state index >= 15 is 0 Å². The van der Waals surface area contributed by atoms with E-state index in [1.807, 2.05) is 0 Å². The van der Waals surface area contributed by atoms with E-state index in [1.54, 1.807) is 0 Å². The Morgan fingerprint density at radius 2 is 1.47 bits per heavy atom. The van der Waals surface area contributed by atoms with Gasteiger partial charge in [0.2, 0.25) is 0 Å². The summed E-state index contributed by atoms with van der Waals surface area (Å²) < 4.78 is 6.05. The Morgan fingerprint density at radius 1 is 0.767 bits per heavy atom. The first-order chi connectivity index (χ1) is 14.9. The Bertz CT molecular complexity index is 772. The van der Waals surface area contributed by atoms with E-state index in [-0.39, 0.29) is 0 Å². The highest BCUT2D eigenvalue weighted by atomic mass is 16.5. The zero-order valence-corrected chi connectivity index (χ0v) is 18.2. The molecule has 0 N–H and O–H groups in total. The monoisotopic (exact) mass is 404 g/mol. The molecule has 3 nitrogen and oxygen atoms in total. The highest BCUT2D eigenvalue weighted by molar-refractivity contribution is 5.63. The quantitative estimate of drug-likeness (QED) is 0.552. The summed E-state index contributed by atoms with van der Waals surface area (Å²) in [5.41, 5.74) is 4.04. The van der Waals surface area contributed by atoms with E-state index in [4.69, 9.17) is 4.74 Å². The van der Waals surface area contributed by atoms with Crippen LogP contribution in [0.25, 0.3) is 11.1 Å². The lowest BCUT2D eigenvalue weighted by atomic mass is 10.0. The van der Waals surface area contributed by atoms with Crippen molar-refractivity contribution in [3.8, 4) is 11.1 Å². The maximum atomic E-state index is 6.05. The van der Waals surface area contributed by atoms with Gasteiger partial charge in [0.05, 0.1) is 6.61 Å². The number of nitrogens with zero attached hydrogens (tertiary/aromatic N) is 2. The first kappa shape index (κ1) is 20.2. The number of benzene rings is 2. The number of fused-ring (bicyclic) bond motifs is 1. The Morgan fingerprint density at radius 3 is 2.20 bits per heavy atom. The molecule has 0 amide bonds. The average Bonchev–Trinajstić information content (AvgIpc) is 3.25. The van der Waals surface area contributed by atoms with E-state index in [0.29, 0.717) is 0 Å². The minimum absolute atomic E-state index is 0.830. The molecule has 3 aliphatic rings. The lowest BCUT2D eigenvalue weighted by Crippen LogP contribution is -2.31. The van der Waals surface area contributed by atoms with Gasteiger partial charge >= 0.3 is 0 Å². The molecular formula is C27H36N2O. The lowest BCUT2D eigenvalue weighted by Gasteiger charge is -2.26. The van der Waals surface area contributed by atoms with Crippen LogP contribution in [-0.2, 0) is 11.3 Å². The number of ether oxygens (including phenoxy) is 1. The van der Waals surface area contributed by atoms with Gasteiger partial charge in [0, 0.05) is 32.8 Å². The second kappa shape index (κ2) is 9.64. The molecule has 2 heterocycles. The summed E-state index contributed by atoms with van der Waals surface area (Å²) in [6.45, 7) is 9.38.